The van der Waals surface area contributed by atoms with Crippen molar-refractivity contribution in [1.82, 2.24) is 16.0 Å². The van der Waals surface area contributed by atoms with Gasteiger partial charge in [0.05, 0.1) is 18.6 Å². The second-order valence-electron chi connectivity index (χ2n) is 7.49. The molecular formula is C18H30N4O10. The summed E-state index contributed by atoms with van der Waals surface area (Å²) in [5.41, 5.74) is 5.68. The number of nitrogens with one attached hydrogen (secondary N) is 3. The van der Waals surface area contributed by atoms with E-state index in [1.54, 1.807) is 13.8 Å². The predicted molar refractivity (Wildman–Crippen MR) is 107 cm³/mol. The number of carbonyl (C=O) groups excluding carboxylic acids is 3. The van der Waals surface area contributed by atoms with Gasteiger partial charge in [-0.1, -0.05) is 13.8 Å². The molecule has 5 atom stereocenters. The molecule has 0 spiro atoms. The minimum atomic E-state index is -1.75. The van der Waals surface area contributed by atoms with Crippen LogP contribution < -0.4 is 21.7 Å². The van der Waals surface area contributed by atoms with E-state index in [9.17, 15) is 33.9 Å². The number of aliphatic hydroxyl groups excluding tert-OH is 1. The lowest BCUT2D eigenvalue weighted by Gasteiger charge is -2.25. The normalized spacial score (nSPS) is 15.6. The summed E-state index contributed by atoms with van der Waals surface area (Å²) in [6.45, 7) is 4.36. The standard InChI is InChI=1S/C18H30N4O10/c1-7(2)13(19)17(30)21-10(6-12(26)27)16(29)20-9(4-5-11(24)25)15(28)22-14(8(3)23)18(31)32/h7-10,13-14,23H,4-6,19H2,1-3H3,(H,20,29)(H,21,30)(H,22,28)(H,24,25)(H,26,27)(H,31,32). The molecule has 0 aromatic carbocycles. The van der Waals surface area contributed by atoms with E-state index in [1.807, 2.05) is 5.32 Å². The largest absolute Gasteiger partial charge is 0.481 e. The van der Waals surface area contributed by atoms with Crippen molar-refractivity contribution in [2.24, 2.45) is 11.7 Å². The number of aliphatic hydroxyl groups is 1. The third-order valence-corrected chi connectivity index (χ3v) is 4.36. The van der Waals surface area contributed by atoms with Gasteiger partial charge >= 0.3 is 17.9 Å². The molecule has 0 aliphatic carbocycles. The van der Waals surface area contributed by atoms with Crippen molar-refractivity contribution in [2.45, 2.75) is 70.3 Å². The average Bonchev–Trinajstić information content (AvgIpc) is 2.66. The Morgan fingerprint density at radius 3 is 1.69 bits per heavy atom. The van der Waals surface area contributed by atoms with Gasteiger partial charge in [0, 0.05) is 6.42 Å². The molecule has 0 aromatic rings. The maximum Gasteiger partial charge on any atom is 0.328 e. The molecule has 0 bridgehead atoms. The van der Waals surface area contributed by atoms with Gasteiger partial charge in [-0.05, 0) is 19.3 Å². The first-order valence-corrected chi connectivity index (χ1v) is 9.68. The van der Waals surface area contributed by atoms with Crippen LogP contribution in [0.5, 0.6) is 0 Å². The highest BCUT2D eigenvalue weighted by Crippen LogP contribution is 2.05. The van der Waals surface area contributed by atoms with E-state index < -0.39 is 85.2 Å². The first-order chi connectivity index (χ1) is 14.7. The monoisotopic (exact) mass is 462 g/mol. The minimum Gasteiger partial charge on any atom is -0.481 e. The summed E-state index contributed by atoms with van der Waals surface area (Å²) in [7, 11) is 0. The average molecular weight is 462 g/mol. The molecule has 9 N–H and O–H groups in total. The van der Waals surface area contributed by atoms with Crippen molar-refractivity contribution in [1.29, 1.82) is 0 Å². The Labute approximate surface area is 183 Å². The van der Waals surface area contributed by atoms with Crippen LogP contribution >= 0.6 is 0 Å². The van der Waals surface area contributed by atoms with Crippen LogP contribution in [0.15, 0.2) is 0 Å². The topological polar surface area (TPSA) is 245 Å². The Morgan fingerprint density at radius 2 is 1.28 bits per heavy atom. The Morgan fingerprint density at radius 1 is 0.781 bits per heavy atom. The lowest BCUT2D eigenvalue weighted by atomic mass is 10.0. The first kappa shape index (κ1) is 28.7. The number of carboxylic acid groups (broad SMARTS) is 3. The van der Waals surface area contributed by atoms with E-state index >= 15 is 0 Å². The molecule has 3 amide bonds. The number of hydrogen-bond donors (Lipinski definition) is 8. The number of carbonyl (C=O) groups is 6. The van der Waals surface area contributed by atoms with E-state index in [2.05, 4.69) is 10.6 Å². The van der Waals surface area contributed by atoms with Gasteiger partial charge in [0.1, 0.15) is 12.1 Å². The molecule has 14 nitrogen and oxygen atoms in total. The van der Waals surface area contributed by atoms with Crippen LogP contribution in [-0.4, -0.2) is 86.3 Å². The van der Waals surface area contributed by atoms with Crippen LogP contribution in [0.2, 0.25) is 0 Å². The molecule has 5 unspecified atom stereocenters. The zero-order chi connectivity index (χ0) is 25.2. The molecule has 32 heavy (non-hydrogen) atoms. The number of carboxylic acids is 3. The van der Waals surface area contributed by atoms with Crippen molar-refractivity contribution in [3.8, 4) is 0 Å². The smallest absolute Gasteiger partial charge is 0.328 e. The molecule has 0 saturated heterocycles. The maximum atomic E-state index is 12.6. The molecule has 182 valence electrons. The lowest BCUT2D eigenvalue weighted by Crippen LogP contribution is -2.58. The van der Waals surface area contributed by atoms with Gasteiger partial charge in [0.25, 0.3) is 0 Å². The molecular weight excluding hydrogens is 432 g/mol. The van der Waals surface area contributed by atoms with Gasteiger partial charge in [-0.3, -0.25) is 24.0 Å². The molecule has 0 heterocycles. The predicted octanol–water partition coefficient (Wildman–Crippen LogP) is -2.77. The quantitative estimate of drug-likeness (QED) is 0.131. The third-order valence-electron chi connectivity index (χ3n) is 4.36. The van der Waals surface area contributed by atoms with Gasteiger partial charge in [0.2, 0.25) is 17.7 Å². The molecule has 0 aliphatic rings. The molecule has 14 heteroatoms. The number of hydrogen-bond acceptors (Lipinski definition) is 8. The highest BCUT2D eigenvalue weighted by molar-refractivity contribution is 5.95. The van der Waals surface area contributed by atoms with Gasteiger partial charge < -0.3 is 42.1 Å². The summed E-state index contributed by atoms with van der Waals surface area (Å²) in [4.78, 5) is 70.4. The summed E-state index contributed by atoms with van der Waals surface area (Å²) in [6.07, 6.45) is -3.44. The lowest BCUT2D eigenvalue weighted by molar-refractivity contribution is -0.146. The summed E-state index contributed by atoms with van der Waals surface area (Å²) in [6, 6.07) is -6.03. The molecule has 0 saturated carbocycles. The van der Waals surface area contributed by atoms with Gasteiger partial charge in [-0.2, -0.15) is 0 Å². The van der Waals surface area contributed by atoms with Crippen LogP contribution in [0.25, 0.3) is 0 Å². The number of aliphatic carboxylic acids is 3. The fourth-order valence-corrected chi connectivity index (χ4v) is 2.41. The summed E-state index contributed by atoms with van der Waals surface area (Å²) >= 11 is 0. The molecule has 0 aromatic heterocycles. The molecule has 0 fully saturated rings. The Hall–Kier alpha value is -3.26. The third kappa shape index (κ3) is 10.2. The van der Waals surface area contributed by atoms with E-state index in [1.165, 1.54) is 0 Å². The summed E-state index contributed by atoms with van der Waals surface area (Å²) in [5.74, 6) is -7.72. The minimum absolute atomic E-state index is 0.328. The van der Waals surface area contributed by atoms with E-state index in [-0.39, 0.29) is 5.92 Å². The van der Waals surface area contributed by atoms with E-state index in [0.29, 0.717) is 0 Å². The zero-order valence-corrected chi connectivity index (χ0v) is 17.9. The van der Waals surface area contributed by atoms with E-state index in [0.717, 1.165) is 6.92 Å². The van der Waals surface area contributed by atoms with Crippen LogP contribution in [0.4, 0.5) is 0 Å². The maximum absolute atomic E-state index is 12.6. The fourth-order valence-electron chi connectivity index (χ4n) is 2.41. The first-order valence-electron chi connectivity index (χ1n) is 9.68. The van der Waals surface area contributed by atoms with E-state index in [4.69, 9.17) is 21.1 Å². The van der Waals surface area contributed by atoms with Crippen molar-refractivity contribution in [2.75, 3.05) is 0 Å². The Bertz CT molecular complexity index is 725. The highest BCUT2D eigenvalue weighted by atomic mass is 16.4. The number of rotatable bonds is 14. The molecule has 0 aliphatic heterocycles. The second-order valence-corrected chi connectivity index (χ2v) is 7.49. The second kappa shape index (κ2) is 13.2. The molecule has 0 radical (unpaired) electrons. The van der Waals surface area contributed by atoms with Crippen LogP contribution in [0.1, 0.15) is 40.0 Å². The summed E-state index contributed by atoms with van der Waals surface area (Å²) in [5, 5.41) is 42.8. The van der Waals surface area contributed by atoms with Gasteiger partial charge in [-0.25, -0.2) is 4.79 Å². The fraction of sp³-hybridized carbons (Fsp3) is 0.667. The highest BCUT2D eigenvalue weighted by Gasteiger charge is 2.33. The van der Waals surface area contributed by atoms with Crippen molar-refractivity contribution >= 4 is 35.6 Å². The van der Waals surface area contributed by atoms with Crippen molar-refractivity contribution in [3.63, 3.8) is 0 Å². The number of amides is 3. The van der Waals surface area contributed by atoms with Crippen LogP contribution in [-0.2, 0) is 28.8 Å². The van der Waals surface area contributed by atoms with Gasteiger partial charge in [-0.15, -0.1) is 0 Å². The Kier molecular flexibility index (Phi) is 11.9. The van der Waals surface area contributed by atoms with Crippen LogP contribution in [0.3, 0.4) is 0 Å². The zero-order valence-electron chi connectivity index (χ0n) is 17.9. The van der Waals surface area contributed by atoms with Gasteiger partial charge in [0.15, 0.2) is 6.04 Å². The van der Waals surface area contributed by atoms with Crippen molar-refractivity contribution in [3.05, 3.63) is 0 Å². The molecule has 0 rings (SSSR count). The van der Waals surface area contributed by atoms with Crippen molar-refractivity contribution < 1.29 is 49.2 Å². The summed E-state index contributed by atoms with van der Waals surface area (Å²) < 4.78 is 0. The SMILES string of the molecule is CC(C)C(N)C(=O)NC(CC(=O)O)C(=O)NC(CCC(=O)O)C(=O)NC(C(=O)O)C(C)O. The number of nitrogens with two attached hydrogens (primary N) is 1. The Balaban J connectivity index is 5.60. The van der Waals surface area contributed by atoms with Crippen LogP contribution in [0, 0.1) is 5.92 Å².